The van der Waals surface area contributed by atoms with Gasteiger partial charge in [-0.25, -0.2) is 4.39 Å². The monoisotopic (exact) mass is 219 g/mol. The van der Waals surface area contributed by atoms with Gasteiger partial charge in [-0.1, -0.05) is 30.0 Å². The molecule has 0 bridgehead atoms. The predicted molar refractivity (Wildman–Crippen MR) is 61.4 cm³/mol. The van der Waals surface area contributed by atoms with Crippen LogP contribution in [0.5, 0.6) is 0 Å². The molecule has 0 spiro atoms. The second-order valence-corrected chi connectivity index (χ2v) is 4.21. The third kappa shape index (κ3) is 2.50. The van der Waals surface area contributed by atoms with Crippen LogP contribution in [0.2, 0.25) is 0 Å². The molecular formula is C12H10FNS. The molecule has 0 aliphatic heterocycles. The first-order valence-corrected chi connectivity index (χ1v) is 5.35. The van der Waals surface area contributed by atoms with Crippen LogP contribution in [-0.2, 0) is 0 Å². The second-order valence-electron chi connectivity index (χ2n) is 3.10. The third-order valence-electron chi connectivity index (χ3n) is 1.95. The van der Waals surface area contributed by atoms with E-state index in [0.29, 0.717) is 5.69 Å². The fourth-order valence-electron chi connectivity index (χ4n) is 1.21. The summed E-state index contributed by atoms with van der Waals surface area (Å²) in [5.74, 6) is -0.261. The summed E-state index contributed by atoms with van der Waals surface area (Å²) in [4.78, 5) is 1.80. The zero-order valence-electron chi connectivity index (χ0n) is 7.98. The molecule has 2 aromatic rings. The fraction of sp³-hybridized carbons (Fsp3) is 0. The molecule has 2 aromatic carbocycles. The molecule has 0 fully saturated rings. The van der Waals surface area contributed by atoms with Crippen molar-refractivity contribution in [2.75, 3.05) is 5.73 Å². The molecule has 15 heavy (non-hydrogen) atoms. The van der Waals surface area contributed by atoms with Gasteiger partial charge in [0, 0.05) is 15.5 Å². The van der Waals surface area contributed by atoms with Crippen molar-refractivity contribution < 1.29 is 4.39 Å². The van der Waals surface area contributed by atoms with Gasteiger partial charge in [-0.15, -0.1) is 0 Å². The molecule has 0 saturated carbocycles. The Kier molecular flexibility index (Phi) is 2.92. The molecule has 0 radical (unpaired) electrons. The van der Waals surface area contributed by atoms with Crippen molar-refractivity contribution in [1.29, 1.82) is 0 Å². The fourth-order valence-corrected chi connectivity index (χ4v) is 2.12. The SMILES string of the molecule is Nc1ccc(F)cc1Sc1ccccc1. The summed E-state index contributed by atoms with van der Waals surface area (Å²) in [6, 6.07) is 14.2. The summed E-state index contributed by atoms with van der Waals surface area (Å²) in [5, 5.41) is 0. The molecule has 0 amide bonds. The Hall–Kier alpha value is -1.48. The van der Waals surface area contributed by atoms with Crippen LogP contribution in [0.15, 0.2) is 58.3 Å². The molecule has 1 nitrogen and oxygen atoms in total. The Morgan fingerprint density at radius 2 is 1.73 bits per heavy atom. The van der Waals surface area contributed by atoms with Crippen LogP contribution < -0.4 is 5.73 Å². The Morgan fingerprint density at radius 1 is 1.00 bits per heavy atom. The van der Waals surface area contributed by atoms with Crippen LogP contribution in [0.1, 0.15) is 0 Å². The minimum Gasteiger partial charge on any atom is -0.398 e. The van der Waals surface area contributed by atoms with Gasteiger partial charge >= 0.3 is 0 Å². The number of rotatable bonds is 2. The molecule has 0 atom stereocenters. The van der Waals surface area contributed by atoms with Gasteiger partial charge in [0.15, 0.2) is 0 Å². The Balaban J connectivity index is 2.28. The molecule has 2 N–H and O–H groups in total. The van der Waals surface area contributed by atoms with Crippen molar-refractivity contribution >= 4 is 17.4 Å². The highest BCUT2D eigenvalue weighted by Crippen LogP contribution is 2.32. The van der Waals surface area contributed by atoms with E-state index in [-0.39, 0.29) is 5.82 Å². The van der Waals surface area contributed by atoms with E-state index < -0.39 is 0 Å². The lowest BCUT2D eigenvalue weighted by Gasteiger charge is -2.04. The van der Waals surface area contributed by atoms with Crippen molar-refractivity contribution in [2.45, 2.75) is 9.79 Å². The normalized spacial score (nSPS) is 10.2. The lowest BCUT2D eigenvalue weighted by atomic mass is 10.3. The first kappa shape index (κ1) is 10.1. The van der Waals surface area contributed by atoms with E-state index in [1.165, 1.54) is 23.9 Å². The van der Waals surface area contributed by atoms with Crippen molar-refractivity contribution in [1.82, 2.24) is 0 Å². The Morgan fingerprint density at radius 3 is 2.47 bits per heavy atom. The highest BCUT2D eigenvalue weighted by molar-refractivity contribution is 7.99. The van der Waals surface area contributed by atoms with Crippen LogP contribution in [0.4, 0.5) is 10.1 Å². The van der Waals surface area contributed by atoms with Gasteiger partial charge in [-0.05, 0) is 30.3 Å². The topological polar surface area (TPSA) is 26.0 Å². The number of nitrogen functional groups attached to an aromatic ring is 1. The quantitative estimate of drug-likeness (QED) is 0.781. The molecule has 2 rings (SSSR count). The largest absolute Gasteiger partial charge is 0.398 e. The minimum atomic E-state index is -0.261. The Bertz CT molecular complexity index is 456. The van der Waals surface area contributed by atoms with E-state index in [0.717, 1.165) is 9.79 Å². The summed E-state index contributed by atoms with van der Waals surface area (Å²) in [5.41, 5.74) is 6.35. The van der Waals surface area contributed by atoms with Crippen LogP contribution in [0, 0.1) is 5.82 Å². The molecular weight excluding hydrogens is 209 g/mol. The summed E-state index contributed by atoms with van der Waals surface area (Å²) in [6.45, 7) is 0. The number of hydrogen-bond acceptors (Lipinski definition) is 2. The van der Waals surface area contributed by atoms with Gasteiger partial charge in [0.2, 0.25) is 0 Å². The van der Waals surface area contributed by atoms with Gasteiger partial charge in [-0.3, -0.25) is 0 Å². The van der Waals surface area contributed by atoms with E-state index >= 15 is 0 Å². The van der Waals surface area contributed by atoms with E-state index in [9.17, 15) is 4.39 Å². The second kappa shape index (κ2) is 4.36. The van der Waals surface area contributed by atoms with Crippen LogP contribution in [0.3, 0.4) is 0 Å². The lowest BCUT2D eigenvalue weighted by Crippen LogP contribution is -1.89. The van der Waals surface area contributed by atoms with E-state index in [1.54, 1.807) is 6.07 Å². The molecule has 0 saturated heterocycles. The lowest BCUT2D eigenvalue weighted by molar-refractivity contribution is 0.624. The standard InChI is InChI=1S/C12H10FNS/c13-9-6-7-11(14)12(8-9)15-10-4-2-1-3-5-10/h1-8H,14H2. The number of anilines is 1. The van der Waals surface area contributed by atoms with Crippen LogP contribution in [-0.4, -0.2) is 0 Å². The molecule has 0 heterocycles. The number of benzene rings is 2. The minimum absolute atomic E-state index is 0.261. The molecule has 0 unspecified atom stereocenters. The van der Waals surface area contributed by atoms with Crippen molar-refractivity contribution in [3.05, 3.63) is 54.3 Å². The predicted octanol–water partition coefficient (Wildman–Crippen LogP) is 3.56. The zero-order valence-corrected chi connectivity index (χ0v) is 8.80. The van der Waals surface area contributed by atoms with Gasteiger partial charge in [0.1, 0.15) is 5.82 Å². The molecule has 0 aliphatic carbocycles. The average molecular weight is 219 g/mol. The van der Waals surface area contributed by atoms with Crippen molar-refractivity contribution in [2.24, 2.45) is 0 Å². The Labute approximate surface area is 92.1 Å². The average Bonchev–Trinajstić information content (AvgIpc) is 2.25. The smallest absolute Gasteiger partial charge is 0.124 e. The maximum absolute atomic E-state index is 13.0. The molecule has 0 aromatic heterocycles. The first-order chi connectivity index (χ1) is 7.25. The third-order valence-corrected chi connectivity index (χ3v) is 3.03. The van der Waals surface area contributed by atoms with Gasteiger partial charge in [0.25, 0.3) is 0 Å². The number of hydrogen-bond donors (Lipinski definition) is 1. The summed E-state index contributed by atoms with van der Waals surface area (Å²) >= 11 is 1.46. The van der Waals surface area contributed by atoms with E-state index in [1.807, 2.05) is 30.3 Å². The molecule has 3 heteroatoms. The first-order valence-electron chi connectivity index (χ1n) is 4.53. The maximum Gasteiger partial charge on any atom is 0.124 e. The molecule has 76 valence electrons. The highest BCUT2D eigenvalue weighted by Gasteiger charge is 2.02. The summed E-state index contributed by atoms with van der Waals surface area (Å²) in [6.07, 6.45) is 0. The van der Waals surface area contributed by atoms with Crippen molar-refractivity contribution in [3.8, 4) is 0 Å². The zero-order chi connectivity index (χ0) is 10.7. The summed E-state index contributed by atoms with van der Waals surface area (Å²) in [7, 11) is 0. The van der Waals surface area contributed by atoms with Crippen LogP contribution in [0.25, 0.3) is 0 Å². The number of halogens is 1. The van der Waals surface area contributed by atoms with Crippen LogP contribution >= 0.6 is 11.8 Å². The van der Waals surface area contributed by atoms with Gasteiger partial charge in [-0.2, -0.15) is 0 Å². The van der Waals surface area contributed by atoms with E-state index in [4.69, 9.17) is 5.73 Å². The number of nitrogens with two attached hydrogens (primary N) is 1. The van der Waals surface area contributed by atoms with E-state index in [2.05, 4.69) is 0 Å². The maximum atomic E-state index is 13.0. The molecule has 0 aliphatic rings. The highest BCUT2D eigenvalue weighted by atomic mass is 32.2. The van der Waals surface area contributed by atoms with Gasteiger partial charge < -0.3 is 5.73 Å². The summed E-state index contributed by atoms with van der Waals surface area (Å²) < 4.78 is 13.0. The van der Waals surface area contributed by atoms with Gasteiger partial charge in [0.05, 0.1) is 0 Å². The van der Waals surface area contributed by atoms with Crippen molar-refractivity contribution in [3.63, 3.8) is 0 Å².